The fourth-order valence-electron chi connectivity index (χ4n) is 3.43. The van der Waals surface area contributed by atoms with Crippen LogP contribution in [-0.4, -0.2) is 55.4 Å². The Morgan fingerprint density at radius 1 is 1.12 bits per heavy atom. The zero-order valence-electron chi connectivity index (χ0n) is 17.7. The predicted molar refractivity (Wildman–Crippen MR) is 122 cm³/mol. The van der Waals surface area contributed by atoms with Gasteiger partial charge in [0.05, 0.1) is 24.8 Å². The van der Waals surface area contributed by atoms with Gasteiger partial charge in [-0.25, -0.2) is 4.98 Å². The molecule has 2 aromatic rings. The van der Waals surface area contributed by atoms with Gasteiger partial charge in [0.1, 0.15) is 5.82 Å². The second-order valence-corrected chi connectivity index (χ2v) is 8.00. The third-order valence-electron chi connectivity index (χ3n) is 5.12. The third-order valence-corrected chi connectivity index (χ3v) is 5.80. The van der Waals surface area contributed by atoms with Crippen LogP contribution in [0.4, 0.5) is 19.0 Å². The molecule has 0 radical (unpaired) electrons. The van der Waals surface area contributed by atoms with Crippen LogP contribution >= 0.6 is 23.8 Å². The fraction of sp³-hybridized carbons (Fsp3) is 0.429. The zero-order valence-corrected chi connectivity index (χ0v) is 19.3. The van der Waals surface area contributed by atoms with Gasteiger partial charge in [-0.3, -0.25) is 0 Å². The number of hydrogen-bond donors (Lipinski definition) is 1. The first-order chi connectivity index (χ1) is 15.2. The van der Waals surface area contributed by atoms with Gasteiger partial charge < -0.3 is 24.6 Å². The van der Waals surface area contributed by atoms with Crippen molar-refractivity contribution in [2.75, 3.05) is 45.3 Å². The Labute approximate surface area is 195 Å². The summed E-state index contributed by atoms with van der Waals surface area (Å²) in [6, 6.07) is 6.57. The van der Waals surface area contributed by atoms with Crippen molar-refractivity contribution in [2.24, 2.45) is 0 Å². The number of hydrogen-bond acceptors (Lipinski definition) is 5. The van der Waals surface area contributed by atoms with Crippen molar-refractivity contribution >= 4 is 34.7 Å². The van der Waals surface area contributed by atoms with E-state index in [1.807, 2.05) is 28.0 Å². The van der Waals surface area contributed by atoms with Crippen molar-refractivity contribution in [2.45, 2.75) is 19.1 Å². The van der Waals surface area contributed by atoms with Gasteiger partial charge in [-0.05, 0) is 42.4 Å². The number of halogens is 4. The number of nitrogens with one attached hydrogen (secondary N) is 1. The normalized spacial score (nSPS) is 14.7. The molecular formula is C21H24ClF3N4O2S. The molecule has 0 saturated carbocycles. The summed E-state index contributed by atoms with van der Waals surface area (Å²) in [7, 11) is 3.17. The molecule has 1 aliphatic heterocycles. The molecule has 0 unspecified atom stereocenters. The quantitative estimate of drug-likeness (QED) is 0.628. The maximum absolute atomic E-state index is 12.9. The molecular weight excluding hydrogens is 465 g/mol. The molecule has 0 aliphatic carbocycles. The third kappa shape index (κ3) is 5.86. The van der Waals surface area contributed by atoms with Crippen LogP contribution in [0.2, 0.25) is 5.02 Å². The Hall–Kier alpha value is -2.46. The number of aromatic nitrogens is 1. The number of rotatable bonds is 5. The number of thiocarbonyl (C=S) groups is 1. The minimum absolute atomic E-state index is 0.0116. The van der Waals surface area contributed by atoms with Crippen molar-refractivity contribution in [3.05, 3.63) is 46.6 Å². The first kappa shape index (κ1) is 24.2. The summed E-state index contributed by atoms with van der Waals surface area (Å²) < 4.78 is 49.2. The van der Waals surface area contributed by atoms with Crippen molar-refractivity contribution < 1.29 is 22.6 Å². The number of alkyl halides is 3. The van der Waals surface area contributed by atoms with Crippen molar-refractivity contribution in [1.82, 2.24) is 15.2 Å². The largest absolute Gasteiger partial charge is 0.493 e. The Balaban J connectivity index is 1.59. The van der Waals surface area contributed by atoms with Crippen LogP contribution in [0.1, 0.15) is 17.5 Å². The second-order valence-electron chi connectivity index (χ2n) is 7.20. The average molecular weight is 489 g/mol. The molecule has 2 heterocycles. The summed E-state index contributed by atoms with van der Waals surface area (Å²) in [6.45, 7) is 2.98. The Morgan fingerprint density at radius 2 is 1.88 bits per heavy atom. The highest BCUT2D eigenvalue weighted by Crippen LogP contribution is 2.33. The molecule has 0 spiro atoms. The summed E-state index contributed by atoms with van der Waals surface area (Å²) in [5.74, 6) is 1.65. The highest BCUT2D eigenvalue weighted by molar-refractivity contribution is 7.80. The van der Waals surface area contributed by atoms with E-state index in [1.54, 1.807) is 14.2 Å². The molecule has 1 aromatic heterocycles. The van der Waals surface area contributed by atoms with Crippen LogP contribution in [0.25, 0.3) is 0 Å². The number of ether oxygens (including phenoxy) is 2. The molecule has 1 N–H and O–H groups in total. The maximum Gasteiger partial charge on any atom is 0.417 e. The van der Waals surface area contributed by atoms with Crippen molar-refractivity contribution in [3.8, 4) is 11.5 Å². The topological polar surface area (TPSA) is 49.9 Å². The molecule has 1 aliphatic rings. The van der Waals surface area contributed by atoms with Gasteiger partial charge in [-0.1, -0.05) is 17.7 Å². The van der Waals surface area contributed by atoms with Crippen LogP contribution in [0.3, 0.4) is 0 Å². The van der Waals surface area contributed by atoms with Gasteiger partial charge in [0, 0.05) is 38.9 Å². The molecule has 32 heavy (non-hydrogen) atoms. The van der Waals surface area contributed by atoms with Gasteiger partial charge >= 0.3 is 6.18 Å². The lowest BCUT2D eigenvalue weighted by Gasteiger charge is -2.25. The number of benzene rings is 1. The lowest BCUT2D eigenvalue weighted by Crippen LogP contribution is -2.41. The first-order valence-electron chi connectivity index (χ1n) is 9.94. The Kier molecular flexibility index (Phi) is 7.89. The monoisotopic (exact) mass is 488 g/mol. The molecule has 0 bridgehead atoms. The molecule has 1 saturated heterocycles. The van der Waals surface area contributed by atoms with Gasteiger partial charge in [0.15, 0.2) is 16.6 Å². The average Bonchev–Trinajstić information content (AvgIpc) is 3.02. The number of anilines is 1. The summed E-state index contributed by atoms with van der Waals surface area (Å²) in [5, 5.41) is 3.84. The van der Waals surface area contributed by atoms with E-state index in [1.165, 1.54) is 0 Å². The predicted octanol–water partition coefficient (Wildman–Crippen LogP) is 4.36. The van der Waals surface area contributed by atoms with Crippen LogP contribution in [0.5, 0.6) is 11.5 Å². The Morgan fingerprint density at radius 3 is 2.53 bits per heavy atom. The number of methoxy groups -OCH3 is 2. The van der Waals surface area contributed by atoms with Gasteiger partial charge in [-0.2, -0.15) is 13.2 Å². The van der Waals surface area contributed by atoms with E-state index in [0.29, 0.717) is 55.2 Å². The van der Waals surface area contributed by atoms with E-state index < -0.39 is 11.7 Å². The van der Waals surface area contributed by atoms with E-state index in [9.17, 15) is 13.2 Å². The second kappa shape index (κ2) is 10.4. The van der Waals surface area contributed by atoms with E-state index in [0.717, 1.165) is 24.2 Å². The summed E-state index contributed by atoms with van der Waals surface area (Å²) in [6.07, 6.45) is -2.90. The van der Waals surface area contributed by atoms with Crippen LogP contribution < -0.4 is 19.7 Å². The van der Waals surface area contributed by atoms with Crippen LogP contribution in [0, 0.1) is 0 Å². The minimum atomic E-state index is -4.48. The van der Waals surface area contributed by atoms with E-state index >= 15 is 0 Å². The molecule has 0 amide bonds. The highest BCUT2D eigenvalue weighted by Gasteiger charge is 2.32. The fourth-order valence-corrected chi connectivity index (χ4v) is 3.97. The zero-order chi connectivity index (χ0) is 23.3. The maximum atomic E-state index is 12.9. The van der Waals surface area contributed by atoms with Crippen molar-refractivity contribution in [3.63, 3.8) is 0 Å². The minimum Gasteiger partial charge on any atom is -0.493 e. The Bertz CT molecular complexity index is 961. The molecule has 3 rings (SSSR count). The number of pyridine rings is 1. The van der Waals surface area contributed by atoms with Gasteiger partial charge in [0.25, 0.3) is 0 Å². The van der Waals surface area contributed by atoms with Gasteiger partial charge in [-0.15, -0.1) is 0 Å². The van der Waals surface area contributed by atoms with E-state index in [4.69, 9.17) is 33.3 Å². The van der Waals surface area contributed by atoms with E-state index in [2.05, 4.69) is 10.3 Å². The summed E-state index contributed by atoms with van der Waals surface area (Å²) in [5.41, 5.74) is 0.130. The number of nitrogens with zero attached hydrogens (tertiary/aromatic N) is 3. The summed E-state index contributed by atoms with van der Waals surface area (Å²) in [4.78, 5) is 7.90. The van der Waals surface area contributed by atoms with Crippen LogP contribution in [-0.2, 0) is 12.7 Å². The molecule has 1 aromatic carbocycles. The van der Waals surface area contributed by atoms with Gasteiger partial charge in [0.2, 0.25) is 0 Å². The molecule has 1 fully saturated rings. The molecule has 11 heteroatoms. The SMILES string of the molecule is COc1ccc(CNC(=S)N2CCCN(c3ncc(C(F)(F)F)cc3Cl)CC2)cc1OC. The highest BCUT2D eigenvalue weighted by atomic mass is 35.5. The smallest absolute Gasteiger partial charge is 0.417 e. The van der Waals surface area contributed by atoms with Crippen molar-refractivity contribution in [1.29, 1.82) is 0 Å². The lowest BCUT2D eigenvalue weighted by atomic mass is 10.2. The van der Waals surface area contributed by atoms with E-state index in [-0.39, 0.29) is 5.02 Å². The lowest BCUT2D eigenvalue weighted by molar-refractivity contribution is -0.137. The molecule has 174 valence electrons. The standard InChI is InChI=1S/C21H24ClF3N4O2S/c1-30-17-5-4-14(10-18(17)31-2)12-27-20(32)29-7-3-6-28(8-9-29)19-16(22)11-15(13-26-19)21(23,24)25/h4-5,10-11,13H,3,6-9,12H2,1-2H3,(H,27,32). The molecule has 6 nitrogen and oxygen atoms in total. The summed E-state index contributed by atoms with van der Waals surface area (Å²) >= 11 is 11.7. The van der Waals surface area contributed by atoms with Crippen LogP contribution in [0.15, 0.2) is 30.5 Å². The molecule has 0 atom stereocenters. The first-order valence-corrected chi connectivity index (χ1v) is 10.7.